The molecule has 0 bridgehead atoms. The Labute approximate surface area is 123 Å². The van der Waals surface area contributed by atoms with Crippen LogP contribution < -0.4 is 10.5 Å². The summed E-state index contributed by atoms with van der Waals surface area (Å²) in [5.74, 6) is 1.24. The number of hydrogen-bond donors (Lipinski definition) is 1. The number of nitriles is 1. The van der Waals surface area contributed by atoms with Crippen molar-refractivity contribution in [2.45, 2.75) is 18.7 Å². The topological polar surface area (TPSA) is 59.0 Å². The number of rotatable bonds is 3. The summed E-state index contributed by atoms with van der Waals surface area (Å²) in [7, 11) is 0. The van der Waals surface area contributed by atoms with Gasteiger partial charge >= 0.3 is 0 Å². The molecule has 2 N–H and O–H groups in total. The van der Waals surface area contributed by atoms with Crippen molar-refractivity contribution in [3.63, 3.8) is 0 Å². The zero-order valence-electron chi connectivity index (χ0n) is 11.7. The molecule has 102 valence electrons. The smallest absolute Gasteiger partial charge is 0.146 e. The third kappa shape index (κ3) is 2.73. The number of aryl methyl sites for hydroxylation is 2. The van der Waals surface area contributed by atoms with E-state index in [0.717, 1.165) is 16.0 Å². The molecule has 0 saturated carbocycles. The van der Waals surface area contributed by atoms with Gasteiger partial charge in [-0.2, -0.15) is 5.26 Å². The Morgan fingerprint density at radius 3 is 2.55 bits per heavy atom. The van der Waals surface area contributed by atoms with Crippen LogP contribution in [0.25, 0.3) is 0 Å². The summed E-state index contributed by atoms with van der Waals surface area (Å²) >= 11 is 1.53. The average Bonchev–Trinajstić information content (AvgIpc) is 2.44. The first kappa shape index (κ1) is 14.3. The van der Waals surface area contributed by atoms with Gasteiger partial charge in [0.2, 0.25) is 0 Å². The molecule has 0 aliphatic carbocycles. The first-order valence-electron chi connectivity index (χ1n) is 6.18. The highest BCUT2D eigenvalue weighted by atomic mass is 32.2. The Hall–Kier alpha value is -2.12. The molecule has 0 unspecified atom stereocenters. The first-order valence-corrected chi connectivity index (χ1v) is 7.41. The summed E-state index contributed by atoms with van der Waals surface area (Å²) in [4.78, 5) is 0.905. The maximum Gasteiger partial charge on any atom is 0.146 e. The van der Waals surface area contributed by atoms with Gasteiger partial charge in [-0.05, 0) is 43.4 Å². The fourth-order valence-corrected chi connectivity index (χ4v) is 2.52. The number of nitrogens with two attached hydrogens (primary N) is 1. The average molecular weight is 284 g/mol. The van der Waals surface area contributed by atoms with E-state index in [0.29, 0.717) is 22.7 Å². The molecular formula is C16H16N2OS. The minimum Gasteiger partial charge on any atom is -0.456 e. The van der Waals surface area contributed by atoms with E-state index in [-0.39, 0.29) is 0 Å². The van der Waals surface area contributed by atoms with E-state index in [1.54, 1.807) is 12.1 Å². The number of ether oxygens (including phenoxy) is 1. The SMILES string of the molecule is CSc1cccc(Oc2cc(N)c(C)cc2C)c1C#N. The molecule has 0 atom stereocenters. The Bertz CT molecular complexity index is 690. The summed E-state index contributed by atoms with van der Waals surface area (Å²) < 4.78 is 5.89. The summed E-state index contributed by atoms with van der Waals surface area (Å²) in [5.41, 5.74) is 9.18. The van der Waals surface area contributed by atoms with Crippen molar-refractivity contribution in [3.8, 4) is 17.6 Å². The number of nitrogen functional groups attached to an aromatic ring is 1. The second-order valence-corrected chi connectivity index (χ2v) is 5.37. The van der Waals surface area contributed by atoms with Gasteiger partial charge in [0.15, 0.2) is 0 Å². The van der Waals surface area contributed by atoms with Crippen LogP contribution in [0.4, 0.5) is 5.69 Å². The Kier molecular flexibility index (Phi) is 4.21. The van der Waals surface area contributed by atoms with Gasteiger partial charge in [0.05, 0.1) is 0 Å². The zero-order valence-corrected chi connectivity index (χ0v) is 12.5. The molecule has 0 radical (unpaired) electrons. The Morgan fingerprint density at radius 1 is 1.15 bits per heavy atom. The van der Waals surface area contributed by atoms with E-state index in [9.17, 15) is 5.26 Å². The van der Waals surface area contributed by atoms with Crippen molar-refractivity contribution in [3.05, 3.63) is 47.0 Å². The molecule has 2 aromatic carbocycles. The number of thioether (sulfide) groups is 1. The summed E-state index contributed by atoms with van der Waals surface area (Å²) in [6.07, 6.45) is 1.94. The third-order valence-electron chi connectivity index (χ3n) is 3.10. The van der Waals surface area contributed by atoms with E-state index in [4.69, 9.17) is 10.5 Å². The van der Waals surface area contributed by atoms with Crippen LogP contribution in [-0.4, -0.2) is 6.26 Å². The van der Waals surface area contributed by atoms with Crippen molar-refractivity contribution < 1.29 is 4.74 Å². The first-order chi connectivity index (χ1) is 9.56. The number of nitrogens with zero attached hydrogens (tertiary/aromatic N) is 1. The van der Waals surface area contributed by atoms with Gasteiger partial charge in [0.1, 0.15) is 23.1 Å². The second-order valence-electron chi connectivity index (χ2n) is 4.52. The van der Waals surface area contributed by atoms with E-state index in [2.05, 4.69) is 6.07 Å². The summed E-state index contributed by atoms with van der Waals surface area (Å²) in [6.45, 7) is 3.92. The predicted octanol–water partition coefficient (Wildman–Crippen LogP) is 4.27. The second kappa shape index (κ2) is 5.89. The standard InChI is InChI=1S/C16H16N2OS/c1-10-7-11(2)15(8-13(10)18)19-14-5-4-6-16(20-3)12(14)9-17/h4-8H,18H2,1-3H3. The molecule has 2 aromatic rings. The van der Waals surface area contributed by atoms with Crippen molar-refractivity contribution in [1.82, 2.24) is 0 Å². The maximum absolute atomic E-state index is 9.31. The van der Waals surface area contributed by atoms with Crippen LogP contribution in [0, 0.1) is 25.2 Å². The van der Waals surface area contributed by atoms with Crippen molar-refractivity contribution in [1.29, 1.82) is 5.26 Å². The van der Waals surface area contributed by atoms with Crippen LogP contribution in [0.15, 0.2) is 35.2 Å². The lowest BCUT2D eigenvalue weighted by Gasteiger charge is -2.13. The zero-order chi connectivity index (χ0) is 14.7. The molecule has 0 amide bonds. The molecule has 3 nitrogen and oxygen atoms in total. The molecule has 0 saturated heterocycles. The van der Waals surface area contributed by atoms with Crippen molar-refractivity contribution in [2.24, 2.45) is 0 Å². The molecule has 0 fully saturated rings. The quantitative estimate of drug-likeness (QED) is 0.675. The predicted molar refractivity (Wildman–Crippen MR) is 83.3 cm³/mol. The van der Waals surface area contributed by atoms with Gasteiger partial charge in [0.25, 0.3) is 0 Å². The monoisotopic (exact) mass is 284 g/mol. The molecule has 20 heavy (non-hydrogen) atoms. The molecule has 0 heterocycles. The van der Waals surface area contributed by atoms with E-state index < -0.39 is 0 Å². The van der Waals surface area contributed by atoms with Crippen LogP contribution in [0.3, 0.4) is 0 Å². The van der Waals surface area contributed by atoms with Gasteiger partial charge < -0.3 is 10.5 Å². The molecule has 0 spiro atoms. The number of benzene rings is 2. The highest BCUT2D eigenvalue weighted by Crippen LogP contribution is 2.34. The maximum atomic E-state index is 9.31. The van der Waals surface area contributed by atoms with E-state index >= 15 is 0 Å². The van der Waals surface area contributed by atoms with Crippen LogP contribution in [0.1, 0.15) is 16.7 Å². The lowest BCUT2D eigenvalue weighted by atomic mass is 10.1. The molecule has 0 aliphatic rings. The lowest BCUT2D eigenvalue weighted by molar-refractivity contribution is 0.476. The van der Waals surface area contributed by atoms with Crippen molar-refractivity contribution >= 4 is 17.4 Å². The van der Waals surface area contributed by atoms with Gasteiger partial charge in [-0.1, -0.05) is 12.1 Å². The van der Waals surface area contributed by atoms with Gasteiger partial charge in [0, 0.05) is 16.6 Å². The highest BCUT2D eigenvalue weighted by Gasteiger charge is 2.11. The summed E-state index contributed by atoms with van der Waals surface area (Å²) in [6, 6.07) is 11.6. The number of anilines is 1. The van der Waals surface area contributed by atoms with Crippen LogP contribution in [-0.2, 0) is 0 Å². The fourth-order valence-electron chi connectivity index (χ4n) is 1.95. The third-order valence-corrected chi connectivity index (χ3v) is 3.88. The number of hydrogen-bond acceptors (Lipinski definition) is 4. The van der Waals surface area contributed by atoms with Crippen LogP contribution in [0.5, 0.6) is 11.5 Å². The van der Waals surface area contributed by atoms with Gasteiger partial charge in [-0.3, -0.25) is 0 Å². The van der Waals surface area contributed by atoms with Crippen LogP contribution in [0.2, 0.25) is 0 Å². The largest absolute Gasteiger partial charge is 0.456 e. The Morgan fingerprint density at radius 2 is 1.90 bits per heavy atom. The lowest BCUT2D eigenvalue weighted by Crippen LogP contribution is -1.96. The molecule has 0 aliphatic heterocycles. The minimum atomic E-state index is 0.554. The van der Waals surface area contributed by atoms with E-state index in [1.807, 2.05) is 38.3 Å². The molecular weight excluding hydrogens is 268 g/mol. The summed E-state index contributed by atoms with van der Waals surface area (Å²) in [5, 5.41) is 9.31. The molecule has 0 aromatic heterocycles. The fraction of sp³-hybridized carbons (Fsp3) is 0.188. The van der Waals surface area contributed by atoms with Crippen molar-refractivity contribution in [2.75, 3.05) is 12.0 Å². The van der Waals surface area contributed by atoms with Crippen LogP contribution >= 0.6 is 11.8 Å². The van der Waals surface area contributed by atoms with E-state index in [1.165, 1.54) is 11.8 Å². The normalized spacial score (nSPS) is 10.1. The molecule has 2 rings (SSSR count). The minimum absolute atomic E-state index is 0.554. The molecule has 4 heteroatoms. The van der Waals surface area contributed by atoms with Gasteiger partial charge in [-0.15, -0.1) is 11.8 Å². The van der Waals surface area contributed by atoms with Gasteiger partial charge in [-0.25, -0.2) is 0 Å². The highest BCUT2D eigenvalue weighted by molar-refractivity contribution is 7.98. The Balaban J connectivity index is 2.46.